The van der Waals surface area contributed by atoms with E-state index in [1.807, 2.05) is 0 Å². The van der Waals surface area contributed by atoms with Crippen molar-refractivity contribution in [3.63, 3.8) is 0 Å². The van der Waals surface area contributed by atoms with Gasteiger partial charge in [-0.2, -0.15) is 0 Å². The summed E-state index contributed by atoms with van der Waals surface area (Å²) in [4.78, 5) is 11.2. The standard InChI is InChI=1S/C9H11NO3/c10-8-3-1-2-7(6-8)9(12)13-5-4-11/h1-3,6,11H,4-5,10H2. The molecule has 4 nitrogen and oxygen atoms in total. The van der Waals surface area contributed by atoms with Crippen LogP contribution in [0.15, 0.2) is 24.3 Å². The van der Waals surface area contributed by atoms with E-state index in [2.05, 4.69) is 4.74 Å². The highest BCUT2D eigenvalue weighted by atomic mass is 16.5. The molecule has 4 heteroatoms. The van der Waals surface area contributed by atoms with Gasteiger partial charge in [0.2, 0.25) is 0 Å². The Labute approximate surface area is 75.9 Å². The van der Waals surface area contributed by atoms with Crippen LogP contribution in [-0.2, 0) is 4.74 Å². The van der Waals surface area contributed by atoms with Gasteiger partial charge in [0.25, 0.3) is 0 Å². The van der Waals surface area contributed by atoms with E-state index in [1.165, 1.54) is 6.07 Å². The van der Waals surface area contributed by atoms with E-state index in [9.17, 15) is 4.79 Å². The maximum atomic E-state index is 11.2. The first-order chi connectivity index (χ1) is 6.24. The minimum atomic E-state index is -0.471. The second kappa shape index (κ2) is 4.47. The molecule has 0 radical (unpaired) electrons. The van der Waals surface area contributed by atoms with Gasteiger partial charge in [0.05, 0.1) is 12.2 Å². The first kappa shape index (κ1) is 9.54. The molecule has 13 heavy (non-hydrogen) atoms. The molecule has 0 bridgehead atoms. The Morgan fingerprint density at radius 2 is 2.31 bits per heavy atom. The third kappa shape index (κ3) is 2.76. The van der Waals surface area contributed by atoms with E-state index in [1.54, 1.807) is 18.2 Å². The number of carbonyl (C=O) groups is 1. The molecule has 1 rings (SSSR count). The van der Waals surface area contributed by atoms with E-state index in [0.717, 1.165) is 0 Å². The number of rotatable bonds is 3. The van der Waals surface area contributed by atoms with Gasteiger partial charge in [0.15, 0.2) is 0 Å². The average Bonchev–Trinajstić information content (AvgIpc) is 2.14. The fourth-order valence-corrected chi connectivity index (χ4v) is 0.887. The molecule has 0 aromatic heterocycles. The third-order valence-electron chi connectivity index (χ3n) is 1.45. The van der Waals surface area contributed by atoms with Crippen LogP contribution in [0.2, 0.25) is 0 Å². The molecule has 1 aromatic carbocycles. The molecule has 3 N–H and O–H groups in total. The maximum absolute atomic E-state index is 11.2. The summed E-state index contributed by atoms with van der Waals surface area (Å²) in [6.45, 7) is -0.165. The van der Waals surface area contributed by atoms with Crippen molar-refractivity contribution in [3.8, 4) is 0 Å². The fourth-order valence-electron chi connectivity index (χ4n) is 0.887. The van der Waals surface area contributed by atoms with Crippen LogP contribution in [0.5, 0.6) is 0 Å². The summed E-state index contributed by atoms with van der Waals surface area (Å²) < 4.78 is 4.69. The number of aliphatic hydroxyl groups is 1. The van der Waals surface area contributed by atoms with Gasteiger partial charge < -0.3 is 15.6 Å². The fraction of sp³-hybridized carbons (Fsp3) is 0.222. The second-order valence-corrected chi connectivity index (χ2v) is 2.48. The van der Waals surface area contributed by atoms with E-state index in [4.69, 9.17) is 10.8 Å². The Bertz CT molecular complexity index is 299. The van der Waals surface area contributed by atoms with E-state index in [0.29, 0.717) is 11.3 Å². The zero-order valence-corrected chi connectivity index (χ0v) is 7.06. The Balaban J connectivity index is 2.66. The average molecular weight is 181 g/mol. The lowest BCUT2D eigenvalue weighted by Crippen LogP contribution is -2.08. The molecule has 0 saturated carbocycles. The summed E-state index contributed by atoms with van der Waals surface area (Å²) in [6.07, 6.45) is 0. The van der Waals surface area contributed by atoms with Crippen molar-refractivity contribution in [1.29, 1.82) is 0 Å². The number of ether oxygens (including phenoxy) is 1. The summed E-state index contributed by atoms with van der Waals surface area (Å²) in [5.41, 5.74) is 6.38. The molecule has 0 atom stereocenters. The largest absolute Gasteiger partial charge is 0.460 e. The number of benzene rings is 1. The van der Waals surface area contributed by atoms with Crippen molar-refractivity contribution in [2.24, 2.45) is 0 Å². The highest BCUT2D eigenvalue weighted by molar-refractivity contribution is 5.90. The summed E-state index contributed by atoms with van der Waals surface area (Å²) in [6, 6.07) is 6.49. The predicted molar refractivity (Wildman–Crippen MR) is 48.2 cm³/mol. The highest BCUT2D eigenvalue weighted by Crippen LogP contribution is 2.07. The van der Waals surface area contributed by atoms with Crippen molar-refractivity contribution in [2.75, 3.05) is 18.9 Å². The summed E-state index contributed by atoms with van der Waals surface area (Å²) in [7, 11) is 0. The van der Waals surface area contributed by atoms with Gasteiger partial charge in [-0.25, -0.2) is 4.79 Å². The summed E-state index contributed by atoms with van der Waals surface area (Å²) in [5.74, 6) is -0.471. The van der Waals surface area contributed by atoms with E-state index in [-0.39, 0.29) is 13.2 Å². The van der Waals surface area contributed by atoms with Crippen molar-refractivity contribution >= 4 is 11.7 Å². The van der Waals surface area contributed by atoms with Gasteiger partial charge in [-0.15, -0.1) is 0 Å². The molecule has 0 fully saturated rings. The number of aliphatic hydroxyl groups excluding tert-OH is 1. The smallest absolute Gasteiger partial charge is 0.338 e. The maximum Gasteiger partial charge on any atom is 0.338 e. The predicted octanol–water partition coefficient (Wildman–Crippen LogP) is 0.418. The molecule has 0 aliphatic rings. The van der Waals surface area contributed by atoms with Gasteiger partial charge in [-0.05, 0) is 18.2 Å². The van der Waals surface area contributed by atoms with Crippen LogP contribution in [0.25, 0.3) is 0 Å². The first-order valence-electron chi connectivity index (χ1n) is 3.87. The van der Waals surface area contributed by atoms with Crippen LogP contribution in [0.1, 0.15) is 10.4 Å². The molecular formula is C9H11NO3. The summed E-state index contributed by atoms with van der Waals surface area (Å²) >= 11 is 0. The molecule has 70 valence electrons. The molecule has 0 saturated heterocycles. The van der Waals surface area contributed by atoms with Crippen molar-refractivity contribution in [2.45, 2.75) is 0 Å². The van der Waals surface area contributed by atoms with Crippen LogP contribution in [-0.4, -0.2) is 24.3 Å². The van der Waals surface area contributed by atoms with Crippen LogP contribution >= 0.6 is 0 Å². The summed E-state index contributed by atoms with van der Waals surface area (Å²) in [5, 5.41) is 8.41. The van der Waals surface area contributed by atoms with Gasteiger partial charge in [-0.3, -0.25) is 0 Å². The zero-order chi connectivity index (χ0) is 9.68. The second-order valence-electron chi connectivity index (χ2n) is 2.48. The van der Waals surface area contributed by atoms with Gasteiger partial charge in [0.1, 0.15) is 6.61 Å². The lowest BCUT2D eigenvalue weighted by atomic mass is 10.2. The lowest BCUT2D eigenvalue weighted by Gasteiger charge is -2.02. The zero-order valence-electron chi connectivity index (χ0n) is 7.06. The molecule has 0 amide bonds. The quantitative estimate of drug-likeness (QED) is 0.523. The molecule has 0 unspecified atom stereocenters. The molecular weight excluding hydrogens is 170 g/mol. The number of nitrogen functional groups attached to an aromatic ring is 1. The van der Waals surface area contributed by atoms with Crippen LogP contribution < -0.4 is 5.73 Å². The third-order valence-corrected chi connectivity index (χ3v) is 1.45. The molecule has 0 spiro atoms. The monoisotopic (exact) mass is 181 g/mol. The van der Waals surface area contributed by atoms with Crippen molar-refractivity contribution in [1.82, 2.24) is 0 Å². The minimum absolute atomic E-state index is 0.00757. The highest BCUT2D eigenvalue weighted by Gasteiger charge is 2.05. The Kier molecular flexibility index (Phi) is 3.28. The number of carbonyl (C=O) groups excluding carboxylic acids is 1. The SMILES string of the molecule is Nc1cccc(C(=O)OCCO)c1. The molecule has 0 aliphatic heterocycles. The van der Waals surface area contributed by atoms with E-state index >= 15 is 0 Å². The Morgan fingerprint density at radius 3 is 2.92 bits per heavy atom. The Morgan fingerprint density at radius 1 is 1.54 bits per heavy atom. The van der Waals surface area contributed by atoms with Crippen LogP contribution in [0.4, 0.5) is 5.69 Å². The van der Waals surface area contributed by atoms with Gasteiger partial charge in [0, 0.05) is 5.69 Å². The number of anilines is 1. The Hall–Kier alpha value is -1.55. The number of hydrogen-bond donors (Lipinski definition) is 2. The van der Waals surface area contributed by atoms with Crippen LogP contribution in [0, 0.1) is 0 Å². The number of nitrogens with two attached hydrogens (primary N) is 1. The number of hydrogen-bond acceptors (Lipinski definition) is 4. The molecule has 0 aliphatic carbocycles. The normalized spacial score (nSPS) is 9.62. The minimum Gasteiger partial charge on any atom is -0.460 e. The van der Waals surface area contributed by atoms with Gasteiger partial charge >= 0.3 is 5.97 Å². The first-order valence-corrected chi connectivity index (χ1v) is 3.87. The van der Waals surface area contributed by atoms with E-state index < -0.39 is 5.97 Å². The molecule has 0 heterocycles. The lowest BCUT2D eigenvalue weighted by molar-refractivity contribution is 0.0434. The number of esters is 1. The topological polar surface area (TPSA) is 72.6 Å². The van der Waals surface area contributed by atoms with Crippen LogP contribution in [0.3, 0.4) is 0 Å². The van der Waals surface area contributed by atoms with Crippen molar-refractivity contribution < 1.29 is 14.6 Å². The molecule has 1 aromatic rings. The van der Waals surface area contributed by atoms with Gasteiger partial charge in [-0.1, -0.05) is 6.07 Å². The van der Waals surface area contributed by atoms with Crippen molar-refractivity contribution in [3.05, 3.63) is 29.8 Å².